The quantitative estimate of drug-likeness (QED) is 0.257. The van der Waals surface area contributed by atoms with E-state index >= 15 is 0 Å². The second-order valence-corrected chi connectivity index (χ2v) is 9.30. The topological polar surface area (TPSA) is 124 Å². The summed E-state index contributed by atoms with van der Waals surface area (Å²) < 4.78 is 50.9. The lowest BCUT2D eigenvalue weighted by Gasteiger charge is -2.34. The Morgan fingerprint density at radius 1 is 1.25 bits per heavy atom. The van der Waals surface area contributed by atoms with Crippen LogP contribution in [0.1, 0.15) is 53.6 Å². The molecule has 1 aliphatic rings. The fraction of sp³-hybridized carbons (Fsp3) is 0.522. The zero-order valence-electron chi connectivity index (χ0n) is 19.8. The number of carbonyl (C=O) groups excluding carboxylic acids is 1. The highest BCUT2D eigenvalue weighted by Gasteiger charge is 2.25. The van der Waals surface area contributed by atoms with Gasteiger partial charge in [-0.15, -0.1) is 0 Å². The van der Waals surface area contributed by atoms with Crippen molar-refractivity contribution in [3.63, 3.8) is 0 Å². The van der Waals surface area contributed by atoms with E-state index < -0.39 is 53.1 Å². The summed E-state index contributed by atoms with van der Waals surface area (Å²) in [7, 11) is 0. The minimum atomic E-state index is -1.47. The number of rotatable bonds is 11. The highest BCUT2D eigenvalue weighted by molar-refractivity contribution is 7.11. The Morgan fingerprint density at radius 2 is 2.03 bits per heavy atom. The molecule has 1 aromatic heterocycles. The Kier molecular flexibility index (Phi) is 9.90. The van der Waals surface area contributed by atoms with Crippen molar-refractivity contribution in [1.29, 1.82) is 0 Å². The number of aliphatic hydroxyl groups excluding tert-OH is 1. The van der Waals surface area contributed by atoms with Gasteiger partial charge in [0.2, 0.25) is 5.88 Å². The number of carbonyl (C=O) groups is 2. The van der Waals surface area contributed by atoms with Gasteiger partial charge >= 0.3 is 12.0 Å². The predicted octanol–water partition coefficient (Wildman–Crippen LogP) is 3.89. The lowest BCUT2D eigenvalue weighted by molar-refractivity contribution is 0.0693. The summed E-state index contributed by atoms with van der Waals surface area (Å²) >= 11 is 0.627. The molecule has 13 heteroatoms. The molecule has 2 aromatic rings. The number of carboxylic acids is 1. The number of anilines is 1. The van der Waals surface area contributed by atoms with Gasteiger partial charge in [-0.05, 0) is 68.9 Å². The highest BCUT2D eigenvalue weighted by Crippen LogP contribution is 2.32. The Balaban J connectivity index is 1.51. The SMILES string of the molecule is Cc1cc(F)c(COc2nsc(NC(=O)NCCCCN3CCCCC3CO)c2C(=O)O)c(F)c1F. The molecule has 0 aliphatic carbocycles. The molecule has 36 heavy (non-hydrogen) atoms. The predicted molar refractivity (Wildman–Crippen MR) is 127 cm³/mol. The van der Waals surface area contributed by atoms with Crippen LogP contribution in [0.3, 0.4) is 0 Å². The molecule has 4 N–H and O–H groups in total. The van der Waals surface area contributed by atoms with E-state index in [9.17, 15) is 33.0 Å². The molecular weight excluding hydrogens is 501 g/mol. The second kappa shape index (κ2) is 12.9. The average Bonchev–Trinajstić information content (AvgIpc) is 3.25. The fourth-order valence-electron chi connectivity index (χ4n) is 4.02. The summed E-state index contributed by atoms with van der Waals surface area (Å²) in [5.41, 5.74) is -1.40. The maximum atomic E-state index is 14.1. The van der Waals surface area contributed by atoms with E-state index in [-0.39, 0.29) is 23.2 Å². The number of nitrogens with zero attached hydrogens (tertiary/aromatic N) is 2. The van der Waals surface area contributed by atoms with Crippen molar-refractivity contribution in [3.8, 4) is 5.88 Å². The summed E-state index contributed by atoms with van der Waals surface area (Å²) in [6, 6.07) is 0.354. The number of hydrogen-bond donors (Lipinski definition) is 4. The van der Waals surface area contributed by atoms with Gasteiger partial charge in [0.15, 0.2) is 17.2 Å². The Labute approximate surface area is 210 Å². The van der Waals surface area contributed by atoms with Gasteiger partial charge in [0, 0.05) is 12.6 Å². The fourth-order valence-corrected chi connectivity index (χ4v) is 4.74. The zero-order valence-corrected chi connectivity index (χ0v) is 20.6. The molecule has 0 saturated carbocycles. The van der Waals surface area contributed by atoms with E-state index in [1.54, 1.807) is 0 Å². The minimum absolute atomic E-state index is 0.120. The van der Waals surface area contributed by atoms with E-state index in [1.165, 1.54) is 6.92 Å². The van der Waals surface area contributed by atoms with Crippen LogP contribution in [0.5, 0.6) is 5.88 Å². The van der Waals surface area contributed by atoms with Crippen LogP contribution in [0.4, 0.5) is 23.0 Å². The maximum Gasteiger partial charge on any atom is 0.344 e. The third-order valence-electron chi connectivity index (χ3n) is 6.01. The number of benzene rings is 1. The van der Waals surface area contributed by atoms with Gasteiger partial charge < -0.3 is 20.3 Å². The first kappa shape index (κ1) is 27.7. The van der Waals surface area contributed by atoms with Gasteiger partial charge in [-0.3, -0.25) is 10.2 Å². The molecule has 9 nitrogen and oxygen atoms in total. The molecule has 1 unspecified atom stereocenters. The van der Waals surface area contributed by atoms with Crippen molar-refractivity contribution >= 4 is 28.5 Å². The number of piperidine rings is 1. The molecule has 0 bridgehead atoms. The third kappa shape index (κ3) is 6.86. The summed E-state index contributed by atoms with van der Waals surface area (Å²) in [5.74, 6) is -5.62. The maximum absolute atomic E-state index is 14.1. The summed E-state index contributed by atoms with van der Waals surface area (Å²) in [6.45, 7) is 2.67. The van der Waals surface area contributed by atoms with Crippen LogP contribution in [0.15, 0.2) is 6.07 Å². The molecule has 2 heterocycles. The lowest BCUT2D eigenvalue weighted by atomic mass is 10.0. The lowest BCUT2D eigenvalue weighted by Crippen LogP contribution is -2.42. The van der Waals surface area contributed by atoms with Gasteiger partial charge in [-0.1, -0.05) is 6.42 Å². The van der Waals surface area contributed by atoms with E-state index in [0.29, 0.717) is 24.5 Å². The summed E-state index contributed by atoms with van der Waals surface area (Å²) in [4.78, 5) is 26.2. The van der Waals surface area contributed by atoms with Crippen molar-refractivity contribution in [2.24, 2.45) is 0 Å². The van der Waals surface area contributed by atoms with Crippen LogP contribution < -0.4 is 15.4 Å². The first-order chi connectivity index (χ1) is 17.2. The molecule has 0 radical (unpaired) electrons. The smallest absolute Gasteiger partial charge is 0.344 e. The first-order valence-corrected chi connectivity index (χ1v) is 12.4. The van der Waals surface area contributed by atoms with Crippen molar-refractivity contribution < 1.29 is 37.7 Å². The normalized spacial score (nSPS) is 16.1. The van der Waals surface area contributed by atoms with Crippen LogP contribution in [0.2, 0.25) is 0 Å². The molecule has 1 aliphatic heterocycles. The zero-order chi connectivity index (χ0) is 26.2. The summed E-state index contributed by atoms with van der Waals surface area (Å²) in [5, 5.41) is 23.9. The number of aromatic nitrogens is 1. The largest absolute Gasteiger partial charge is 0.477 e. The molecule has 3 rings (SSSR count). The molecule has 1 saturated heterocycles. The van der Waals surface area contributed by atoms with Gasteiger partial charge in [-0.25, -0.2) is 22.8 Å². The van der Waals surface area contributed by atoms with E-state index in [2.05, 4.69) is 19.9 Å². The molecular formula is C23H29F3N4O5S. The number of aromatic carboxylic acids is 1. The van der Waals surface area contributed by atoms with Gasteiger partial charge in [0.1, 0.15) is 17.4 Å². The molecule has 0 spiro atoms. The number of nitrogens with one attached hydrogen (secondary N) is 2. The summed E-state index contributed by atoms with van der Waals surface area (Å²) in [6.07, 6.45) is 4.72. The highest BCUT2D eigenvalue weighted by atomic mass is 32.1. The Hall–Kier alpha value is -2.90. The molecule has 198 valence electrons. The number of aryl methyl sites for hydroxylation is 1. The monoisotopic (exact) mass is 530 g/mol. The number of likely N-dealkylation sites (tertiary alicyclic amines) is 1. The van der Waals surface area contributed by atoms with Crippen LogP contribution in [-0.2, 0) is 6.61 Å². The first-order valence-electron chi connectivity index (χ1n) is 11.6. The number of hydrogen-bond acceptors (Lipinski definition) is 7. The van der Waals surface area contributed by atoms with Gasteiger partial charge in [0.05, 0.1) is 12.2 Å². The molecule has 1 atom stereocenters. The van der Waals surface area contributed by atoms with Crippen LogP contribution in [-0.4, -0.2) is 63.8 Å². The van der Waals surface area contributed by atoms with Crippen molar-refractivity contribution in [2.45, 2.75) is 51.7 Å². The Morgan fingerprint density at radius 3 is 2.75 bits per heavy atom. The standard InChI is InChI=1S/C23H29F3N4O5S/c1-13-10-16(24)15(19(26)18(13)25)12-35-20-17(22(32)33)21(36-29-20)28-23(34)27-7-3-5-9-30-8-4-2-6-14(30)11-31/h10,14,31H,2-9,11-12H2,1H3,(H,32,33)(H2,27,28,34). The Bertz CT molecular complexity index is 1080. The molecule has 1 aromatic carbocycles. The van der Waals surface area contributed by atoms with Gasteiger partial charge in [0.25, 0.3) is 0 Å². The second-order valence-electron chi connectivity index (χ2n) is 8.52. The number of carboxylic acid groups (broad SMARTS) is 1. The number of urea groups is 1. The third-order valence-corrected chi connectivity index (χ3v) is 6.75. The van der Waals surface area contributed by atoms with Crippen molar-refractivity contribution in [1.82, 2.24) is 14.6 Å². The van der Waals surface area contributed by atoms with Crippen LogP contribution >= 0.6 is 11.5 Å². The van der Waals surface area contributed by atoms with E-state index in [1.807, 2.05) is 0 Å². The van der Waals surface area contributed by atoms with Gasteiger partial charge in [-0.2, -0.15) is 4.37 Å². The average molecular weight is 531 g/mol. The van der Waals surface area contributed by atoms with E-state index in [0.717, 1.165) is 44.8 Å². The number of unbranched alkanes of at least 4 members (excludes halogenated alkanes) is 1. The van der Waals surface area contributed by atoms with Crippen molar-refractivity contribution in [3.05, 3.63) is 40.2 Å². The molecule has 1 fully saturated rings. The number of aliphatic hydroxyl groups is 1. The number of halogens is 3. The number of amides is 2. The number of ether oxygens (including phenoxy) is 1. The van der Waals surface area contributed by atoms with E-state index in [4.69, 9.17) is 4.74 Å². The molecule has 2 amide bonds. The minimum Gasteiger partial charge on any atom is -0.477 e. The van der Waals surface area contributed by atoms with Crippen LogP contribution in [0, 0.1) is 24.4 Å². The van der Waals surface area contributed by atoms with Crippen molar-refractivity contribution in [2.75, 3.05) is 31.6 Å². The van der Waals surface area contributed by atoms with Crippen LogP contribution in [0.25, 0.3) is 0 Å².